The lowest BCUT2D eigenvalue weighted by molar-refractivity contribution is -0.385. The maximum absolute atomic E-state index is 12.6. The summed E-state index contributed by atoms with van der Waals surface area (Å²) in [7, 11) is 0. The molecule has 2 aromatic carbocycles. The molecule has 0 radical (unpaired) electrons. The number of hydrogen-bond acceptors (Lipinski definition) is 7. The molecule has 0 saturated carbocycles. The van der Waals surface area contributed by atoms with Crippen LogP contribution in [0, 0.1) is 17.0 Å². The third-order valence-corrected chi connectivity index (χ3v) is 6.22. The molecule has 1 heterocycles. The number of nitro benzene ring substituents is 1. The summed E-state index contributed by atoms with van der Waals surface area (Å²) in [4.78, 5) is 62.7. The van der Waals surface area contributed by atoms with Crippen molar-refractivity contribution in [1.82, 2.24) is 15.1 Å². The van der Waals surface area contributed by atoms with Crippen LogP contribution in [0.4, 0.5) is 5.69 Å². The van der Waals surface area contributed by atoms with Gasteiger partial charge in [-0.25, -0.2) is 4.79 Å². The zero-order valence-electron chi connectivity index (χ0n) is 21.0. The standard InChI is InChI=1S/C26H30N4O8/c1-18-17-20(7-9-22(18)30(36)37)38-16-11-24(32)29-14-12-28(13-15-29)23(31)10-8-21(26(34)35)27-25(33)19-5-3-2-4-6-19/h2-7,9,17,21H,8,10-16H2,1H3,(H,27,33)(H,34,35)/t21-/m0/s1. The molecule has 2 N–H and O–H groups in total. The van der Waals surface area contributed by atoms with Crippen molar-refractivity contribution in [3.05, 3.63) is 69.8 Å². The molecule has 1 aliphatic heterocycles. The zero-order valence-corrected chi connectivity index (χ0v) is 21.0. The fraction of sp³-hybridized carbons (Fsp3) is 0.385. The molecule has 12 nitrogen and oxygen atoms in total. The maximum atomic E-state index is 12.6. The molecule has 1 fully saturated rings. The number of amides is 3. The number of aryl methyl sites for hydroxylation is 1. The van der Waals surface area contributed by atoms with Gasteiger partial charge in [0.05, 0.1) is 18.0 Å². The van der Waals surface area contributed by atoms with Gasteiger partial charge in [0.2, 0.25) is 11.8 Å². The first-order valence-corrected chi connectivity index (χ1v) is 12.2. The van der Waals surface area contributed by atoms with E-state index in [9.17, 15) is 34.4 Å². The number of carboxylic acid groups (broad SMARTS) is 1. The zero-order chi connectivity index (χ0) is 27.7. The number of nitro groups is 1. The van der Waals surface area contributed by atoms with Crippen molar-refractivity contribution in [2.75, 3.05) is 32.8 Å². The first kappa shape index (κ1) is 28.1. The number of rotatable bonds is 11. The number of carbonyl (C=O) groups is 4. The van der Waals surface area contributed by atoms with Gasteiger partial charge in [0, 0.05) is 49.8 Å². The Balaban J connectivity index is 1.39. The second-order valence-corrected chi connectivity index (χ2v) is 8.83. The third-order valence-electron chi connectivity index (χ3n) is 6.22. The molecule has 1 saturated heterocycles. The van der Waals surface area contributed by atoms with E-state index in [4.69, 9.17) is 4.74 Å². The highest BCUT2D eigenvalue weighted by molar-refractivity contribution is 5.96. The Morgan fingerprint density at radius 1 is 1.00 bits per heavy atom. The van der Waals surface area contributed by atoms with E-state index in [-0.39, 0.29) is 43.4 Å². The Hall–Kier alpha value is -4.48. The van der Waals surface area contributed by atoms with Crippen LogP contribution < -0.4 is 10.1 Å². The summed E-state index contributed by atoms with van der Waals surface area (Å²) < 4.78 is 5.56. The Labute approximate surface area is 219 Å². The first-order chi connectivity index (χ1) is 18.2. The van der Waals surface area contributed by atoms with Gasteiger partial charge in [-0.3, -0.25) is 24.5 Å². The van der Waals surface area contributed by atoms with Gasteiger partial charge >= 0.3 is 5.97 Å². The summed E-state index contributed by atoms with van der Waals surface area (Å²) in [6.07, 6.45) is 0.0131. The van der Waals surface area contributed by atoms with E-state index in [0.717, 1.165) is 0 Å². The highest BCUT2D eigenvalue weighted by atomic mass is 16.6. The van der Waals surface area contributed by atoms with Crippen LogP contribution in [0.3, 0.4) is 0 Å². The van der Waals surface area contributed by atoms with Crippen LogP contribution in [0.25, 0.3) is 0 Å². The number of benzene rings is 2. The molecule has 0 spiro atoms. The number of nitrogens with one attached hydrogen (secondary N) is 1. The lowest BCUT2D eigenvalue weighted by Crippen LogP contribution is -2.51. The number of carbonyl (C=O) groups excluding carboxylic acids is 3. The van der Waals surface area contributed by atoms with Gasteiger partial charge in [-0.15, -0.1) is 0 Å². The van der Waals surface area contributed by atoms with E-state index in [1.807, 2.05) is 0 Å². The molecule has 0 aliphatic carbocycles. The van der Waals surface area contributed by atoms with Crippen molar-refractivity contribution in [3.63, 3.8) is 0 Å². The number of ether oxygens (including phenoxy) is 1. The van der Waals surface area contributed by atoms with E-state index >= 15 is 0 Å². The number of hydrogen-bond donors (Lipinski definition) is 2. The highest BCUT2D eigenvalue weighted by Crippen LogP contribution is 2.23. The van der Waals surface area contributed by atoms with Gasteiger partial charge in [-0.05, 0) is 37.6 Å². The fourth-order valence-electron chi connectivity index (χ4n) is 4.06. The molecule has 0 aromatic heterocycles. The third kappa shape index (κ3) is 7.76. The van der Waals surface area contributed by atoms with Gasteiger partial charge in [-0.2, -0.15) is 0 Å². The first-order valence-electron chi connectivity index (χ1n) is 12.2. The van der Waals surface area contributed by atoms with E-state index in [0.29, 0.717) is 43.1 Å². The Morgan fingerprint density at radius 3 is 2.16 bits per heavy atom. The lowest BCUT2D eigenvalue weighted by Gasteiger charge is -2.35. The molecular weight excluding hydrogens is 496 g/mol. The number of nitrogens with zero attached hydrogens (tertiary/aromatic N) is 3. The molecule has 0 unspecified atom stereocenters. The van der Waals surface area contributed by atoms with Crippen LogP contribution in [-0.2, 0) is 14.4 Å². The molecule has 38 heavy (non-hydrogen) atoms. The van der Waals surface area contributed by atoms with Crippen molar-refractivity contribution < 1.29 is 33.9 Å². The van der Waals surface area contributed by atoms with Crippen molar-refractivity contribution in [1.29, 1.82) is 0 Å². The van der Waals surface area contributed by atoms with Crippen LogP contribution >= 0.6 is 0 Å². The normalized spacial score (nSPS) is 13.9. The summed E-state index contributed by atoms with van der Waals surface area (Å²) in [5, 5.41) is 22.8. The molecular formula is C26H30N4O8. The molecule has 1 aliphatic rings. The minimum atomic E-state index is -1.22. The highest BCUT2D eigenvalue weighted by Gasteiger charge is 2.26. The average molecular weight is 527 g/mol. The summed E-state index contributed by atoms with van der Waals surface area (Å²) in [5.74, 6) is -1.68. The summed E-state index contributed by atoms with van der Waals surface area (Å²) in [6.45, 7) is 3.05. The molecule has 1 atom stereocenters. The molecule has 3 rings (SSSR count). The number of aliphatic carboxylic acids is 1. The summed E-state index contributed by atoms with van der Waals surface area (Å²) in [6, 6.07) is 11.4. The number of piperazine rings is 1. The second kappa shape index (κ2) is 13.2. The Kier molecular flexibility index (Phi) is 9.74. The van der Waals surface area contributed by atoms with Crippen molar-refractivity contribution >= 4 is 29.4 Å². The maximum Gasteiger partial charge on any atom is 0.326 e. The van der Waals surface area contributed by atoms with Crippen LogP contribution in [0.15, 0.2) is 48.5 Å². The predicted molar refractivity (Wildman–Crippen MR) is 136 cm³/mol. The molecule has 202 valence electrons. The quantitative estimate of drug-likeness (QED) is 0.332. The molecule has 12 heteroatoms. The smallest absolute Gasteiger partial charge is 0.326 e. The van der Waals surface area contributed by atoms with Gasteiger partial charge in [-0.1, -0.05) is 18.2 Å². The van der Waals surface area contributed by atoms with Crippen LogP contribution in [0.5, 0.6) is 5.75 Å². The average Bonchev–Trinajstić information content (AvgIpc) is 2.91. The van der Waals surface area contributed by atoms with Crippen LogP contribution in [-0.4, -0.2) is 82.3 Å². The Morgan fingerprint density at radius 2 is 1.61 bits per heavy atom. The van der Waals surface area contributed by atoms with Gasteiger partial charge in [0.25, 0.3) is 11.6 Å². The second-order valence-electron chi connectivity index (χ2n) is 8.83. The van der Waals surface area contributed by atoms with E-state index < -0.39 is 22.8 Å². The van der Waals surface area contributed by atoms with Crippen molar-refractivity contribution in [2.24, 2.45) is 0 Å². The van der Waals surface area contributed by atoms with Crippen LogP contribution in [0.2, 0.25) is 0 Å². The predicted octanol–water partition coefficient (Wildman–Crippen LogP) is 2.01. The fourth-order valence-corrected chi connectivity index (χ4v) is 4.06. The SMILES string of the molecule is Cc1cc(OCCC(=O)N2CCN(C(=O)CC[C@H](NC(=O)c3ccccc3)C(=O)O)CC2)ccc1[N+](=O)[O-]. The minimum absolute atomic E-state index is 0.00346. The van der Waals surface area contributed by atoms with Gasteiger partial charge < -0.3 is 25.0 Å². The summed E-state index contributed by atoms with van der Waals surface area (Å²) in [5.41, 5.74) is 0.795. The van der Waals surface area contributed by atoms with E-state index in [2.05, 4.69) is 5.32 Å². The molecule has 0 bridgehead atoms. The van der Waals surface area contributed by atoms with Crippen molar-refractivity contribution in [2.45, 2.75) is 32.2 Å². The lowest BCUT2D eigenvalue weighted by atomic mass is 10.1. The Bertz CT molecular complexity index is 1180. The number of carboxylic acids is 1. The largest absolute Gasteiger partial charge is 0.493 e. The summed E-state index contributed by atoms with van der Waals surface area (Å²) >= 11 is 0. The van der Waals surface area contributed by atoms with Gasteiger partial charge in [0.1, 0.15) is 11.8 Å². The topological polar surface area (TPSA) is 159 Å². The molecule has 2 aromatic rings. The molecule has 3 amide bonds. The van der Waals surface area contributed by atoms with E-state index in [1.165, 1.54) is 12.1 Å². The van der Waals surface area contributed by atoms with E-state index in [1.54, 1.807) is 53.1 Å². The monoisotopic (exact) mass is 526 g/mol. The van der Waals surface area contributed by atoms with Crippen LogP contribution in [0.1, 0.15) is 35.2 Å². The van der Waals surface area contributed by atoms with Gasteiger partial charge in [0.15, 0.2) is 0 Å². The minimum Gasteiger partial charge on any atom is -0.493 e. The van der Waals surface area contributed by atoms with Crippen molar-refractivity contribution in [3.8, 4) is 5.75 Å².